The number of carbonyl (C=O) groups excluding carboxylic acids is 1. The Balaban J connectivity index is 2.10. The molecule has 0 fully saturated rings. The van der Waals surface area contributed by atoms with Crippen LogP contribution in [0.15, 0.2) is 47.8 Å². The molecule has 1 aromatic heterocycles. The SMILES string of the molecule is O=C(N/N=C\c1cccc([N+](=O)[O-])c1O)c1cccnc1. The van der Waals surface area contributed by atoms with Crippen molar-refractivity contribution in [3.8, 4) is 5.75 Å². The van der Waals surface area contributed by atoms with Gasteiger partial charge in [-0.2, -0.15) is 5.10 Å². The topological polar surface area (TPSA) is 118 Å². The number of hydrogen-bond acceptors (Lipinski definition) is 6. The van der Waals surface area contributed by atoms with E-state index in [1.54, 1.807) is 12.1 Å². The van der Waals surface area contributed by atoms with E-state index in [-0.39, 0.29) is 5.56 Å². The van der Waals surface area contributed by atoms with Crippen molar-refractivity contribution in [2.45, 2.75) is 0 Å². The highest BCUT2D eigenvalue weighted by Gasteiger charge is 2.15. The molecule has 8 nitrogen and oxygen atoms in total. The molecule has 2 N–H and O–H groups in total. The molecule has 0 aliphatic heterocycles. The standard InChI is InChI=1S/C13H10N4O4/c18-12-9(3-1-5-11(12)17(20)21)8-15-16-13(19)10-4-2-6-14-7-10/h1-8,18H,(H,16,19)/b15-8-. The van der Waals surface area contributed by atoms with Gasteiger partial charge in [0, 0.05) is 24.0 Å². The third-order valence-corrected chi connectivity index (χ3v) is 2.54. The first kappa shape index (κ1) is 14.1. The molecule has 1 aromatic carbocycles. The van der Waals surface area contributed by atoms with Crippen molar-refractivity contribution in [1.29, 1.82) is 0 Å². The lowest BCUT2D eigenvalue weighted by Gasteiger charge is -2.00. The Kier molecular flexibility index (Phi) is 4.20. The predicted molar refractivity (Wildman–Crippen MR) is 74.1 cm³/mol. The fourth-order valence-electron chi connectivity index (χ4n) is 1.52. The van der Waals surface area contributed by atoms with Crippen molar-refractivity contribution in [3.05, 3.63) is 64.0 Å². The first-order chi connectivity index (χ1) is 10.1. The van der Waals surface area contributed by atoms with E-state index in [9.17, 15) is 20.0 Å². The Morgan fingerprint density at radius 2 is 2.19 bits per heavy atom. The predicted octanol–water partition coefficient (Wildman–Crippen LogP) is 1.46. The van der Waals surface area contributed by atoms with Crippen LogP contribution in [0.2, 0.25) is 0 Å². The van der Waals surface area contributed by atoms with Gasteiger partial charge in [0.25, 0.3) is 5.91 Å². The number of nitrogens with zero attached hydrogens (tertiary/aromatic N) is 3. The lowest BCUT2D eigenvalue weighted by molar-refractivity contribution is -0.385. The number of aromatic nitrogens is 1. The maximum absolute atomic E-state index is 11.7. The summed E-state index contributed by atoms with van der Waals surface area (Å²) in [4.78, 5) is 25.4. The fraction of sp³-hybridized carbons (Fsp3) is 0. The second-order valence-electron chi connectivity index (χ2n) is 3.91. The van der Waals surface area contributed by atoms with Crippen LogP contribution in [0.5, 0.6) is 5.75 Å². The molecule has 0 aliphatic rings. The number of hydrazone groups is 1. The highest BCUT2D eigenvalue weighted by atomic mass is 16.6. The summed E-state index contributed by atoms with van der Waals surface area (Å²) in [6.45, 7) is 0. The molecule has 0 saturated heterocycles. The molecular weight excluding hydrogens is 276 g/mol. The maximum atomic E-state index is 11.7. The molecule has 0 unspecified atom stereocenters. The van der Waals surface area contributed by atoms with E-state index >= 15 is 0 Å². The maximum Gasteiger partial charge on any atom is 0.311 e. The number of pyridine rings is 1. The number of para-hydroxylation sites is 1. The normalized spacial score (nSPS) is 10.5. The van der Waals surface area contributed by atoms with E-state index in [1.807, 2.05) is 0 Å². The zero-order valence-electron chi connectivity index (χ0n) is 10.6. The number of phenolic OH excluding ortho intramolecular Hbond substituents is 1. The second-order valence-corrected chi connectivity index (χ2v) is 3.91. The number of phenols is 1. The number of benzene rings is 1. The van der Waals surface area contributed by atoms with E-state index in [1.165, 1.54) is 30.6 Å². The highest BCUT2D eigenvalue weighted by Crippen LogP contribution is 2.27. The number of nitro benzene ring substituents is 1. The van der Waals surface area contributed by atoms with E-state index in [0.717, 1.165) is 6.21 Å². The van der Waals surface area contributed by atoms with Crippen molar-refractivity contribution in [1.82, 2.24) is 10.4 Å². The quantitative estimate of drug-likeness (QED) is 0.501. The highest BCUT2D eigenvalue weighted by molar-refractivity contribution is 5.94. The number of aromatic hydroxyl groups is 1. The molecule has 0 bridgehead atoms. The Morgan fingerprint density at radius 3 is 2.86 bits per heavy atom. The summed E-state index contributed by atoms with van der Waals surface area (Å²) in [7, 11) is 0. The van der Waals surface area contributed by atoms with Crippen LogP contribution in [-0.4, -0.2) is 27.1 Å². The van der Waals surface area contributed by atoms with Gasteiger partial charge in [-0.25, -0.2) is 5.43 Å². The summed E-state index contributed by atoms with van der Waals surface area (Å²) < 4.78 is 0. The summed E-state index contributed by atoms with van der Waals surface area (Å²) in [5, 5.41) is 24.0. The first-order valence-corrected chi connectivity index (χ1v) is 5.79. The third kappa shape index (κ3) is 3.38. The summed E-state index contributed by atoms with van der Waals surface area (Å²) in [6, 6.07) is 7.17. The largest absolute Gasteiger partial charge is 0.502 e. The monoisotopic (exact) mass is 286 g/mol. The molecule has 106 valence electrons. The van der Waals surface area contributed by atoms with Crippen LogP contribution < -0.4 is 5.43 Å². The molecule has 0 radical (unpaired) electrons. The van der Waals surface area contributed by atoms with E-state index in [4.69, 9.17) is 0 Å². The zero-order valence-corrected chi connectivity index (χ0v) is 10.6. The summed E-state index contributed by atoms with van der Waals surface area (Å²) in [5.74, 6) is -0.994. The molecule has 1 heterocycles. The number of nitrogens with one attached hydrogen (secondary N) is 1. The molecular formula is C13H10N4O4. The lowest BCUT2D eigenvalue weighted by atomic mass is 10.2. The smallest absolute Gasteiger partial charge is 0.311 e. The van der Waals surface area contributed by atoms with Gasteiger partial charge >= 0.3 is 5.69 Å². The summed E-state index contributed by atoms with van der Waals surface area (Å²) in [6.07, 6.45) is 4.02. The van der Waals surface area contributed by atoms with Gasteiger partial charge in [0.2, 0.25) is 5.75 Å². The second kappa shape index (κ2) is 6.24. The Labute approximate surface area is 118 Å². The van der Waals surface area contributed by atoms with Crippen LogP contribution in [0.1, 0.15) is 15.9 Å². The Bertz CT molecular complexity index is 701. The van der Waals surface area contributed by atoms with Crippen LogP contribution >= 0.6 is 0 Å². The number of amides is 1. The van der Waals surface area contributed by atoms with Gasteiger partial charge < -0.3 is 5.11 Å². The van der Waals surface area contributed by atoms with Gasteiger partial charge in [0.1, 0.15) is 0 Å². The number of carbonyl (C=O) groups is 1. The minimum absolute atomic E-state index is 0.121. The molecule has 8 heteroatoms. The van der Waals surface area contributed by atoms with Crippen molar-refractivity contribution < 1.29 is 14.8 Å². The van der Waals surface area contributed by atoms with E-state index < -0.39 is 22.3 Å². The average Bonchev–Trinajstić information content (AvgIpc) is 2.49. The molecule has 0 spiro atoms. The van der Waals surface area contributed by atoms with Crippen LogP contribution in [0.4, 0.5) is 5.69 Å². The van der Waals surface area contributed by atoms with Gasteiger partial charge in [0.05, 0.1) is 16.7 Å². The van der Waals surface area contributed by atoms with Crippen molar-refractivity contribution in [3.63, 3.8) is 0 Å². The van der Waals surface area contributed by atoms with E-state index in [0.29, 0.717) is 5.56 Å². The zero-order chi connectivity index (χ0) is 15.2. The van der Waals surface area contributed by atoms with Gasteiger partial charge in [-0.15, -0.1) is 0 Å². The van der Waals surface area contributed by atoms with Crippen LogP contribution in [0.3, 0.4) is 0 Å². The Hall–Kier alpha value is -3.29. The summed E-state index contributed by atoms with van der Waals surface area (Å²) >= 11 is 0. The number of rotatable bonds is 4. The molecule has 0 atom stereocenters. The van der Waals surface area contributed by atoms with Gasteiger partial charge in [0.15, 0.2) is 0 Å². The number of nitro groups is 1. The number of hydrogen-bond donors (Lipinski definition) is 2. The van der Waals surface area contributed by atoms with Gasteiger partial charge in [-0.3, -0.25) is 19.9 Å². The minimum Gasteiger partial charge on any atom is -0.502 e. The molecule has 2 aromatic rings. The van der Waals surface area contributed by atoms with Crippen molar-refractivity contribution in [2.24, 2.45) is 5.10 Å². The molecule has 0 saturated carbocycles. The van der Waals surface area contributed by atoms with Crippen LogP contribution in [-0.2, 0) is 0 Å². The lowest BCUT2D eigenvalue weighted by Crippen LogP contribution is -2.17. The van der Waals surface area contributed by atoms with Crippen LogP contribution in [0.25, 0.3) is 0 Å². The van der Waals surface area contributed by atoms with Gasteiger partial charge in [-0.1, -0.05) is 6.07 Å². The first-order valence-electron chi connectivity index (χ1n) is 5.79. The molecule has 2 rings (SSSR count). The fourth-order valence-corrected chi connectivity index (χ4v) is 1.52. The minimum atomic E-state index is -0.707. The van der Waals surface area contributed by atoms with E-state index in [2.05, 4.69) is 15.5 Å². The molecule has 0 aliphatic carbocycles. The van der Waals surface area contributed by atoms with Crippen molar-refractivity contribution >= 4 is 17.8 Å². The molecule has 1 amide bonds. The Morgan fingerprint density at radius 1 is 1.38 bits per heavy atom. The third-order valence-electron chi connectivity index (χ3n) is 2.54. The summed E-state index contributed by atoms with van der Waals surface area (Å²) in [5.41, 5.74) is 2.24. The van der Waals surface area contributed by atoms with Crippen molar-refractivity contribution in [2.75, 3.05) is 0 Å². The molecule has 21 heavy (non-hydrogen) atoms. The average molecular weight is 286 g/mol. The van der Waals surface area contributed by atoms with Gasteiger partial charge in [-0.05, 0) is 18.2 Å². The van der Waals surface area contributed by atoms with Crippen LogP contribution in [0, 0.1) is 10.1 Å².